The minimum atomic E-state index is 0.210. The van der Waals surface area contributed by atoms with E-state index in [0.717, 1.165) is 12.8 Å². The Hall–Kier alpha value is -1.55. The first-order valence-electron chi connectivity index (χ1n) is 8.20. The Bertz CT molecular complexity index is 476. The van der Waals surface area contributed by atoms with Crippen LogP contribution in [0.4, 0.5) is 5.69 Å². The van der Waals surface area contributed by atoms with E-state index >= 15 is 0 Å². The predicted octanol–water partition coefficient (Wildman–Crippen LogP) is 2.66. The molecule has 1 saturated carbocycles. The Morgan fingerprint density at radius 1 is 1.14 bits per heavy atom. The van der Waals surface area contributed by atoms with Crippen LogP contribution in [0.3, 0.4) is 0 Å². The van der Waals surface area contributed by atoms with Gasteiger partial charge in [0.1, 0.15) is 0 Å². The van der Waals surface area contributed by atoms with Crippen LogP contribution in [0.25, 0.3) is 0 Å². The number of benzene rings is 1. The first kappa shape index (κ1) is 16.8. The molecule has 0 saturated heterocycles. The molecule has 1 fully saturated rings. The Morgan fingerprint density at radius 2 is 1.73 bits per heavy atom. The molecule has 1 aromatic rings. The third kappa shape index (κ3) is 4.23. The Balaban J connectivity index is 1.98. The largest absolute Gasteiger partial charge is 0.378 e. The fraction of sp³-hybridized carbons (Fsp3) is 0.611. The fourth-order valence-corrected chi connectivity index (χ4v) is 3.12. The van der Waals surface area contributed by atoms with E-state index in [1.165, 1.54) is 24.1 Å². The lowest BCUT2D eigenvalue weighted by Gasteiger charge is -2.26. The van der Waals surface area contributed by atoms with Crippen LogP contribution < -0.4 is 10.2 Å². The second-order valence-corrected chi connectivity index (χ2v) is 6.69. The molecule has 0 aliphatic heterocycles. The highest BCUT2D eigenvalue weighted by Crippen LogP contribution is 2.25. The molecule has 0 spiro atoms. The minimum Gasteiger partial charge on any atom is -0.378 e. The average Bonchev–Trinajstić information content (AvgIpc) is 3.01. The topological polar surface area (TPSA) is 35.6 Å². The molecule has 0 bridgehead atoms. The number of likely N-dealkylation sites (N-methyl/N-ethyl adjacent to an activating group) is 1. The van der Waals surface area contributed by atoms with Crippen molar-refractivity contribution in [2.24, 2.45) is 5.92 Å². The monoisotopic (exact) mass is 303 g/mol. The van der Waals surface area contributed by atoms with Crippen LogP contribution in [-0.2, 0) is 4.79 Å². The summed E-state index contributed by atoms with van der Waals surface area (Å²) in [5, 5.41) is 3.15. The molecular formula is C18H29N3O. The summed E-state index contributed by atoms with van der Waals surface area (Å²) in [6.07, 6.45) is 4.49. The SMILES string of the molecule is CN(C)c1ccc(C(CNC(=O)C2CCCC2)N(C)C)cc1. The van der Waals surface area contributed by atoms with Gasteiger partial charge in [0, 0.05) is 32.2 Å². The van der Waals surface area contributed by atoms with Crippen LogP contribution in [0.2, 0.25) is 0 Å². The molecule has 1 aromatic carbocycles. The number of carbonyl (C=O) groups is 1. The molecule has 2 rings (SSSR count). The van der Waals surface area contributed by atoms with Crippen molar-refractivity contribution in [1.82, 2.24) is 10.2 Å². The zero-order chi connectivity index (χ0) is 16.1. The van der Waals surface area contributed by atoms with Gasteiger partial charge in [-0.3, -0.25) is 4.79 Å². The van der Waals surface area contributed by atoms with Crippen molar-refractivity contribution >= 4 is 11.6 Å². The van der Waals surface area contributed by atoms with Gasteiger partial charge in [0.05, 0.1) is 6.04 Å². The van der Waals surface area contributed by atoms with E-state index in [2.05, 4.69) is 53.5 Å². The second kappa shape index (κ2) is 7.63. The lowest BCUT2D eigenvalue weighted by Crippen LogP contribution is -2.37. The molecule has 1 unspecified atom stereocenters. The quantitative estimate of drug-likeness (QED) is 0.877. The zero-order valence-corrected chi connectivity index (χ0v) is 14.3. The lowest BCUT2D eigenvalue weighted by atomic mass is 10.0. The molecule has 0 aromatic heterocycles. The summed E-state index contributed by atoms with van der Waals surface area (Å²) in [5.74, 6) is 0.466. The molecule has 0 radical (unpaired) electrons. The van der Waals surface area contributed by atoms with Crippen molar-refractivity contribution in [3.8, 4) is 0 Å². The summed E-state index contributed by atoms with van der Waals surface area (Å²) in [7, 11) is 8.21. The molecule has 0 heterocycles. The molecule has 1 atom stereocenters. The molecule has 1 amide bonds. The smallest absolute Gasteiger partial charge is 0.223 e. The fourth-order valence-electron chi connectivity index (χ4n) is 3.12. The lowest BCUT2D eigenvalue weighted by molar-refractivity contribution is -0.125. The predicted molar refractivity (Wildman–Crippen MR) is 92.2 cm³/mol. The van der Waals surface area contributed by atoms with Gasteiger partial charge in [-0.1, -0.05) is 25.0 Å². The van der Waals surface area contributed by atoms with E-state index in [-0.39, 0.29) is 17.9 Å². The van der Waals surface area contributed by atoms with Gasteiger partial charge in [0.2, 0.25) is 5.91 Å². The summed E-state index contributed by atoms with van der Waals surface area (Å²) in [4.78, 5) is 16.5. The molecule has 1 aliphatic rings. The molecule has 22 heavy (non-hydrogen) atoms. The van der Waals surface area contributed by atoms with E-state index in [4.69, 9.17) is 0 Å². The molecule has 122 valence electrons. The van der Waals surface area contributed by atoms with Gasteiger partial charge in [0.25, 0.3) is 0 Å². The van der Waals surface area contributed by atoms with Crippen LogP contribution in [0.15, 0.2) is 24.3 Å². The van der Waals surface area contributed by atoms with Gasteiger partial charge in [-0.25, -0.2) is 0 Å². The second-order valence-electron chi connectivity index (χ2n) is 6.69. The van der Waals surface area contributed by atoms with Crippen LogP contribution >= 0.6 is 0 Å². The van der Waals surface area contributed by atoms with Crippen molar-refractivity contribution < 1.29 is 4.79 Å². The molecule has 4 nitrogen and oxygen atoms in total. The van der Waals surface area contributed by atoms with Gasteiger partial charge < -0.3 is 15.1 Å². The van der Waals surface area contributed by atoms with Crippen molar-refractivity contribution in [2.45, 2.75) is 31.7 Å². The first-order valence-corrected chi connectivity index (χ1v) is 8.20. The maximum absolute atomic E-state index is 12.2. The Labute approximate surface area is 134 Å². The Morgan fingerprint density at radius 3 is 2.23 bits per heavy atom. The van der Waals surface area contributed by atoms with Crippen molar-refractivity contribution in [1.29, 1.82) is 0 Å². The summed E-state index contributed by atoms with van der Waals surface area (Å²) in [5.41, 5.74) is 2.43. The zero-order valence-electron chi connectivity index (χ0n) is 14.3. The van der Waals surface area contributed by atoms with Crippen molar-refractivity contribution in [3.63, 3.8) is 0 Å². The van der Waals surface area contributed by atoms with Crippen LogP contribution in [0, 0.1) is 5.92 Å². The maximum Gasteiger partial charge on any atom is 0.223 e. The van der Waals surface area contributed by atoms with Gasteiger partial charge in [-0.2, -0.15) is 0 Å². The molecular weight excluding hydrogens is 274 g/mol. The van der Waals surface area contributed by atoms with Gasteiger partial charge in [0.15, 0.2) is 0 Å². The third-order valence-corrected chi connectivity index (χ3v) is 4.61. The van der Waals surface area contributed by atoms with E-state index in [1.54, 1.807) is 0 Å². The number of nitrogens with zero attached hydrogens (tertiary/aromatic N) is 2. The summed E-state index contributed by atoms with van der Waals surface area (Å²) < 4.78 is 0. The number of rotatable bonds is 6. The summed E-state index contributed by atoms with van der Waals surface area (Å²) in [6.45, 7) is 0.670. The standard InChI is InChI=1S/C18H29N3O/c1-20(2)16-11-9-14(10-12-16)17(21(3)4)13-19-18(22)15-7-5-6-8-15/h9-12,15,17H,5-8,13H2,1-4H3,(H,19,22). The average molecular weight is 303 g/mol. The number of anilines is 1. The number of carbonyl (C=O) groups excluding carboxylic acids is 1. The maximum atomic E-state index is 12.2. The van der Waals surface area contributed by atoms with Crippen LogP contribution in [-0.4, -0.2) is 45.5 Å². The highest BCUT2D eigenvalue weighted by molar-refractivity contribution is 5.78. The number of hydrogen-bond donors (Lipinski definition) is 1. The number of nitrogens with one attached hydrogen (secondary N) is 1. The van der Waals surface area contributed by atoms with E-state index < -0.39 is 0 Å². The number of amides is 1. The van der Waals surface area contributed by atoms with Gasteiger partial charge >= 0.3 is 0 Å². The van der Waals surface area contributed by atoms with E-state index in [9.17, 15) is 4.79 Å². The first-order chi connectivity index (χ1) is 10.5. The van der Waals surface area contributed by atoms with Gasteiger partial charge in [-0.15, -0.1) is 0 Å². The van der Waals surface area contributed by atoms with Crippen LogP contribution in [0.5, 0.6) is 0 Å². The normalized spacial score (nSPS) is 16.8. The molecule has 1 aliphatic carbocycles. The summed E-state index contributed by atoms with van der Waals surface area (Å²) in [6, 6.07) is 8.78. The third-order valence-electron chi connectivity index (χ3n) is 4.61. The van der Waals surface area contributed by atoms with Crippen molar-refractivity contribution in [3.05, 3.63) is 29.8 Å². The number of hydrogen-bond acceptors (Lipinski definition) is 3. The van der Waals surface area contributed by atoms with Crippen molar-refractivity contribution in [2.75, 3.05) is 39.6 Å². The van der Waals surface area contributed by atoms with E-state index in [1.807, 2.05) is 14.1 Å². The minimum absolute atomic E-state index is 0.210. The summed E-state index contributed by atoms with van der Waals surface area (Å²) >= 11 is 0. The van der Waals surface area contributed by atoms with E-state index in [0.29, 0.717) is 6.54 Å². The van der Waals surface area contributed by atoms with Crippen LogP contribution in [0.1, 0.15) is 37.3 Å². The Kier molecular flexibility index (Phi) is 5.83. The van der Waals surface area contributed by atoms with Gasteiger partial charge in [-0.05, 0) is 44.6 Å². The molecule has 1 N–H and O–H groups in total. The highest BCUT2D eigenvalue weighted by atomic mass is 16.1. The highest BCUT2D eigenvalue weighted by Gasteiger charge is 2.23. The molecule has 4 heteroatoms.